The van der Waals surface area contributed by atoms with Gasteiger partial charge in [0.15, 0.2) is 11.5 Å². The molecule has 2 rings (SSSR count). The summed E-state index contributed by atoms with van der Waals surface area (Å²) in [6.07, 6.45) is 1.98. The summed E-state index contributed by atoms with van der Waals surface area (Å²) in [5.41, 5.74) is 0.913. The largest absolute Gasteiger partial charge is 0.490 e. The summed E-state index contributed by atoms with van der Waals surface area (Å²) in [5, 5.41) is 3.03. The Labute approximate surface area is 174 Å². The van der Waals surface area contributed by atoms with Crippen molar-refractivity contribution in [1.82, 2.24) is 9.62 Å². The van der Waals surface area contributed by atoms with Crippen molar-refractivity contribution in [2.24, 2.45) is 5.92 Å². The van der Waals surface area contributed by atoms with E-state index in [0.717, 1.165) is 5.56 Å². The van der Waals surface area contributed by atoms with Crippen molar-refractivity contribution < 1.29 is 22.7 Å². The van der Waals surface area contributed by atoms with Crippen LogP contribution in [0.1, 0.15) is 58.6 Å². The average molecular weight is 427 g/mol. The van der Waals surface area contributed by atoms with Crippen molar-refractivity contribution in [3.63, 3.8) is 0 Å². The number of nitrogens with zero attached hydrogens (tertiary/aromatic N) is 1. The second-order valence-electron chi connectivity index (χ2n) is 7.32. The summed E-state index contributed by atoms with van der Waals surface area (Å²) in [6.45, 7) is 9.42. The van der Waals surface area contributed by atoms with Gasteiger partial charge in [0.25, 0.3) is 0 Å². The first kappa shape index (κ1) is 23.5. The van der Waals surface area contributed by atoms with Crippen LogP contribution >= 0.6 is 0 Å². The molecular weight excluding hydrogens is 392 g/mol. The molecule has 0 saturated carbocycles. The fourth-order valence-electron chi connectivity index (χ4n) is 3.55. The lowest BCUT2D eigenvalue weighted by atomic mass is 9.98. The predicted octanol–water partition coefficient (Wildman–Crippen LogP) is 3.11. The van der Waals surface area contributed by atoms with Crippen LogP contribution in [0.2, 0.25) is 0 Å². The first-order valence-electron chi connectivity index (χ1n) is 10.5. The number of ether oxygens (including phenoxy) is 2. The number of hydrogen-bond acceptors (Lipinski definition) is 5. The van der Waals surface area contributed by atoms with Crippen LogP contribution in [0.25, 0.3) is 0 Å². The Balaban J connectivity index is 2.05. The van der Waals surface area contributed by atoms with Gasteiger partial charge in [-0.25, -0.2) is 12.7 Å². The maximum Gasteiger partial charge on any atom is 0.224 e. The van der Waals surface area contributed by atoms with Crippen LogP contribution < -0.4 is 14.8 Å². The third kappa shape index (κ3) is 6.34. The molecule has 1 N–H and O–H groups in total. The number of carbonyl (C=O) groups is 1. The van der Waals surface area contributed by atoms with E-state index in [9.17, 15) is 13.2 Å². The zero-order valence-corrected chi connectivity index (χ0v) is 18.8. The van der Waals surface area contributed by atoms with E-state index in [4.69, 9.17) is 9.47 Å². The third-order valence-electron chi connectivity index (χ3n) is 5.04. The molecule has 1 aromatic carbocycles. The molecule has 1 aliphatic heterocycles. The van der Waals surface area contributed by atoms with Gasteiger partial charge in [0.1, 0.15) is 0 Å². The van der Waals surface area contributed by atoms with Gasteiger partial charge in [0.2, 0.25) is 15.9 Å². The first-order valence-corrected chi connectivity index (χ1v) is 12.1. The lowest BCUT2D eigenvalue weighted by Crippen LogP contribution is -2.46. The smallest absolute Gasteiger partial charge is 0.224 e. The number of amides is 1. The summed E-state index contributed by atoms with van der Waals surface area (Å²) in [4.78, 5) is 12.8. The molecule has 0 spiro atoms. The van der Waals surface area contributed by atoms with Gasteiger partial charge in [0.05, 0.1) is 30.9 Å². The number of hydrogen-bond donors (Lipinski definition) is 1. The normalized spacial score (nSPS) is 18.8. The van der Waals surface area contributed by atoms with Crippen molar-refractivity contribution in [3.8, 4) is 11.5 Å². The Morgan fingerprint density at radius 3 is 2.55 bits per heavy atom. The molecule has 1 saturated heterocycles. The van der Waals surface area contributed by atoms with E-state index < -0.39 is 10.0 Å². The van der Waals surface area contributed by atoms with Crippen molar-refractivity contribution in [2.45, 2.75) is 53.0 Å². The standard InChI is InChI=1S/C21H34N2O5S/c1-5-13-29(25,26)23-12-8-9-18(15-23)21(24)22-16(4)17-10-11-19(27-6-2)20(14-17)28-7-3/h10-11,14,16,18H,5-9,12-13,15H2,1-4H3,(H,22,24). The van der Waals surface area contributed by atoms with Gasteiger partial charge in [-0.3, -0.25) is 4.79 Å². The summed E-state index contributed by atoms with van der Waals surface area (Å²) in [7, 11) is -3.28. The Bertz CT molecular complexity index is 781. The molecule has 1 fully saturated rings. The molecule has 2 atom stereocenters. The van der Waals surface area contributed by atoms with E-state index in [2.05, 4.69) is 5.32 Å². The molecule has 1 amide bonds. The highest BCUT2D eigenvalue weighted by Gasteiger charge is 2.32. The molecule has 0 aliphatic carbocycles. The summed E-state index contributed by atoms with van der Waals surface area (Å²) in [6, 6.07) is 5.43. The van der Waals surface area contributed by atoms with Crippen molar-refractivity contribution >= 4 is 15.9 Å². The Morgan fingerprint density at radius 1 is 1.21 bits per heavy atom. The van der Waals surface area contributed by atoms with Crippen LogP contribution in [0.15, 0.2) is 18.2 Å². The van der Waals surface area contributed by atoms with Crippen molar-refractivity contribution in [3.05, 3.63) is 23.8 Å². The molecule has 1 heterocycles. The van der Waals surface area contributed by atoms with E-state index in [-0.39, 0.29) is 30.2 Å². The van der Waals surface area contributed by atoms with Crippen molar-refractivity contribution in [2.75, 3.05) is 32.1 Å². The minimum absolute atomic E-state index is 0.110. The van der Waals surface area contributed by atoms with Gasteiger partial charge in [-0.1, -0.05) is 13.0 Å². The van der Waals surface area contributed by atoms with E-state index >= 15 is 0 Å². The highest BCUT2D eigenvalue weighted by Crippen LogP contribution is 2.31. The van der Waals surface area contributed by atoms with E-state index in [1.807, 2.05) is 45.9 Å². The van der Waals surface area contributed by atoms with E-state index in [1.54, 1.807) is 0 Å². The molecule has 1 aliphatic rings. The Morgan fingerprint density at radius 2 is 1.90 bits per heavy atom. The van der Waals surface area contributed by atoms with Crippen LogP contribution in [-0.2, 0) is 14.8 Å². The van der Waals surface area contributed by atoms with Crippen LogP contribution in [0.5, 0.6) is 11.5 Å². The third-order valence-corrected chi connectivity index (χ3v) is 7.08. The fourth-order valence-corrected chi connectivity index (χ4v) is 5.14. The molecule has 0 aromatic heterocycles. The maximum absolute atomic E-state index is 12.8. The van der Waals surface area contributed by atoms with Gasteiger partial charge < -0.3 is 14.8 Å². The molecule has 0 radical (unpaired) electrons. The van der Waals surface area contributed by atoms with Crippen LogP contribution in [0.4, 0.5) is 0 Å². The van der Waals surface area contributed by atoms with Gasteiger partial charge in [-0.2, -0.15) is 0 Å². The highest BCUT2D eigenvalue weighted by molar-refractivity contribution is 7.89. The van der Waals surface area contributed by atoms with E-state index in [0.29, 0.717) is 50.5 Å². The Hall–Kier alpha value is -1.80. The monoisotopic (exact) mass is 426 g/mol. The number of piperidine rings is 1. The molecule has 1 aromatic rings. The SMILES string of the molecule is CCCS(=O)(=O)N1CCCC(C(=O)NC(C)c2ccc(OCC)c(OCC)c2)C1. The zero-order chi connectivity index (χ0) is 21.4. The Kier molecular flexibility index (Phi) is 8.77. The molecular formula is C21H34N2O5S. The van der Waals surface area contributed by atoms with Gasteiger partial charge >= 0.3 is 0 Å². The predicted molar refractivity (Wildman–Crippen MR) is 114 cm³/mol. The maximum atomic E-state index is 12.8. The molecule has 164 valence electrons. The number of benzene rings is 1. The van der Waals surface area contributed by atoms with Gasteiger partial charge in [0, 0.05) is 13.1 Å². The van der Waals surface area contributed by atoms with Crippen molar-refractivity contribution in [1.29, 1.82) is 0 Å². The van der Waals surface area contributed by atoms with E-state index in [1.165, 1.54) is 4.31 Å². The second-order valence-corrected chi connectivity index (χ2v) is 9.40. The number of sulfonamides is 1. The zero-order valence-electron chi connectivity index (χ0n) is 17.9. The topological polar surface area (TPSA) is 84.9 Å². The summed E-state index contributed by atoms with van der Waals surface area (Å²) in [5.74, 6) is 1.03. The highest BCUT2D eigenvalue weighted by atomic mass is 32.2. The number of nitrogens with one attached hydrogen (secondary N) is 1. The minimum atomic E-state index is -3.28. The molecule has 7 nitrogen and oxygen atoms in total. The van der Waals surface area contributed by atoms with Crippen LogP contribution in [0.3, 0.4) is 0 Å². The summed E-state index contributed by atoms with van der Waals surface area (Å²) >= 11 is 0. The molecule has 0 bridgehead atoms. The average Bonchev–Trinajstić information content (AvgIpc) is 2.69. The second kappa shape index (κ2) is 10.8. The van der Waals surface area contributed by atoms with Crippen LogP contribution in [0, 0.1) is 5.92 Å². The van der Waals surface area contributed by atoms with Gasteiger partial charge in [-0.15, -0.1) is 0 Å². The lowest BCUT2D eigenvalue weighted by Gasteiger charge is -2.32. The fraction of sp³-hybridized carbons (Fsp3) is 0.667. The van der Waals surface area contributed by atoms with Crippen LogP contribution in [-0.4, -0.2) is 50.7 Å². The lowest BCUT2D eigenvalue weighted by molar-refractivity contribution is -0.126. The number of rotatable bonds is 10. The minimum Gasteiger partial charge on any atom is -0.490 e. The summed E-state index contributed by atoms with van der Waals surface area (Å²) < 4.78 is 37.4. The molecule has 8 heteroatoms. The molecule has 29 heavy (non-hydrogen) atoms. The van der Waals surface area contributed by atoms with Gasteiger partial charge in [-0.05, 0) is 57.7 Å². The quantitative estimate of drug-likeness (QED) is 0.621. The first-order chi connectivity index (χ1) is 13.8. The molecule has 2 unspecified atom stereocenters. The number of carbonyl (C=O) groups excluding carboxylic acids is 1.